The first-order valence-electron chi connectivity index (χ1n) is 10.0. The van der Waals surface area contributed by atoms with Crippen molar-refractivity contribution in [1.29, 1.82) is 0 Å². The summed E-state index contributed by atoms with van der Waals surface area (Å²) in [6.45, 7) is 2.54. The molecule has 1 amide bonds. The lowest BCUT2D eigenvalue weighted by molar-refractivity contribution is -0.146. The second-order valence-corrected chi connectivity index (χ2v) is 7.60. The molecule has 0 radical (unpaired) electrons. The Morgan fingerprint density at radius 3 is 2.36 bits per heavy atom. The van der Waals surface area contributed by atoms with Gasteiger partial charge in [-0.05, 0) is 48.9 Å². The summed E-state index contributed by atoms with van der Waals surface area (Å²) >= 11 is 0. The number of anilines is 1. The smallest absolute Gasteiger partial charge is 0.338 e. The topological polar surface area (TPSA) is 92.7 Å². The van der Waals surface area contributed by atoms with E-state index in [1.165, 1.54) is 0 Å². The Labute approximate surface area is 165 Å². The fourth-order valence-corrected chi connectivity index (χ4v) is 4.21. The Morgan fingerprint density at radius 2 is 1.71 bits per heavy atom. The van der Waals surface area contributed by atoms with Gasteiger partial charge >= 0.3 is 11.9 Å². The van der Waals surface area contributed by atoms with Gasteiger partial charge < -0.3 is 15.2 Å². The molecule has 4 atom stereocenters. The van der Waals surface area contributed by atoms with Crippen LogP contribution < -0.4 is 5.32 Å². The lowest BCUT2D eigenvalue weighted by Crippen LogP contribution is -2.36. The molecule has 1 saturated carbocycles. The number of amides is 1. The first kappa shape index (κ1) is 20.1. The molecular formula is C22H27NO5. The van der Waals surface area contributed by atoms with E-state index in [9.17, 15) is 19.5 Å². The number of unbranched alkanes of at least 4 members (excludes halogenated alkanes) is 3. The van der Waals surface area contributed by atoms with Gasteiger partial charge in [-0.3, -0.25) is 9.59 Å². The Balaban J connectivity index is 1.54. The van der Waals surface area contributed by atoms with Crippen molar-refractivity contribution in [3.05, 3.63) is 42.0 Å². The van der Waals surface area contributed by atoms with Gasteiger partial charge in [0.05, 0.1) is 24.0 Å². The fourth-order valence-electron chi connectivity index (χ4n) is 4.21. The van der Waals surface area contributed by atoms with Crippen LogP contribution in [-0.2, 0) is 14.3 Å². The van der Waals surface area contributed by atoms with Crippen molar-refractivity contribution in [2.45, 2.75) is 39.0 Å². The van der Waals surface area contributed by atoms with E-state index >= 15 is 0 Å². The van der Waals surface area contributed by atoms with Crippen LogP contribution in [0, 0.1) is 23.7 Å². The van der Waals surface area contributed by atoms with Gasteiger partial charge in [0.1, 0.15) is 0 Å². The van der Waals surface area contributed by atoms with E-state index in [-0.39, 0.29) is 23.7 Å². The fraction of sp³-hybridized carbons (Fsp3) is 0.500. The van der Waals surface area contributed by atoms with Gasteiger partial charge in [-0.25, -0.2) is 4.79 Å². The third kappa shape index (κ3) is 4.43. The molecule has 2 bridgehead atoms. The van der Waals surface area contributed by atoms with Crippen LogP contribution in [0.1, 0.15) is 49.4 Å². The Hall–Kier alpha value is -2.63. The number of carbonyl (C=O) groups excluding carboxylic acids is 2. The average Bonchev–Trinajstić information content (AvgIpc) is 3.29. The first-order chi connectivity index (χ1) is 13.5. The Bertz CT molecular complexity index is 755. The number of rotatable bonds is 9. The summed E-state index contributed by atoms with van der Waals surface area (Å²) in [5.41, 5.74) is 0.972. The molecular weight excluding hydrogens is 358 g/mol. The lowest BCUT2D eigenvalue weighted by Gasteiger charge is -2.23. The summed E-state index contributed by atoms with van der Waals surface area (Å²) in [5, 5.41) is 12.3. The van der Waals surface area contributed by atoms with Crippen LogP contribution in [0.4, 0.5) is 5.69 Å². The van der Waals surface area contributed by atoms with Gasteiger partial charge in [-0.15, -0.1) is 0 Å². The summed E-state index contributed by atoms with van der Waals surface area (Å²) in [5.74, 6) is -2.89. The van der Waals surface area contributed by atoms with Crippen molar-refractivity contribution in [2.24, 2.45) is 23.7 Å². The maximum Gasteiger partial charge on any atom is 0.338 e. The van der Waals surface area contributed by atoms with E-state index in [0.717, 1.165) is 32.1 Å². The number of benzene rings is 1. The van der Waals surface area contributed by atoms with E-state index < -0.39 is 17.8 Å². The largest absolute Gasteiger partial charge is 0.481 e. The molecule has 1 aromatic carbocycles. The van der Waals surface area contributed by atoms with E-state index in [0.29, 0.717) is 17.9 Å². The minimum Gasteiger partial charge on any atom is -0.481 e. The van der Waals surface area contributed by atoms with Crippen LogP contribution in [-0.4, -0.2) is 29.6 Å². The number of hydrogen-bond donors (Lipinski definition) is 2. The SMILES string of the molecule is CCCCCCOC(=O)c1ccc(NC(=O)C2C3C=CC(C3)C2C(=O)O)cc1. The van der Waals surface area contributed by atoms with Crippen LogP contribution in [0.2, 0.25) is 0 Å². The van der Waals surface area contributed by atoms with Crippen LogP contribution >= 0.6 is 0 Å². The van der Waals surface area contributed by atoms with Crippen LogP contribution in [0.3, 0.4) is 0 Å². The molecule has 6 nitrogen and oxygen atoms in total. The van der Waals surface area contributed by atoms with Crippen LogP contribution in [0.25, 0.3) is 0 Å². The van der Waals surface area contributed by atoms with Crippen LogP contribution in [0.5, 0.6) is 0 Å². The third-order valence-electron chi connectivity index (χ3n) is 5.67. The Kier molecular flexibility index (Phi) is 6.49. The number of esters is 1. The second kappa shape index (κ2) is 9.04. The molecule has 6 heteroatoms. The maximum absolute atomic E-state index is 12.7. The summed E-state index contributed by atoms with van der Waals surface area (Å²) in [6, 6.07) is 6.51. The lowest BCUT2D eigenvalue weighted by atomic mass is 9.82. The number of ether oxygens (including phenoxy) is 1. The molecule has 1 aromatic rings. The highest BCUT2D eigenvalue weighted by Crippen LogP contribution is 2.48. The number of fused-ring (bicyclic) bond motifs is 2. The van der Waals surface area contributed by atoms with E-state index in [2.05, 4.69) is 12.2 Å². The predicted octanol–water partition coefficient (Wildman–Crippen LogP) is 3.89. The highest BCUT2D eigenvalue weighted by molar-refractivity contribution is 5.97. The normalized spacial score (nSPS) is 24.9. The predicted molar refractivity (Wildman–Crippen MR) is 105 cm³/mol. The monoisotopic (exact) mass is 385 g/mol. The molecule has 0 spiro atoms. The second-order valence-electron chi connectivity index (χ2n) is 7.60. The van der Waals surface area contributed by atoms with E-state index in [1.54, 1.807) is 24.3 Å². The number of carboxylic acid groups (broad SMARTS) is 1. The summed E-state index contributed by atoms with van der Waals surface area (Å²) < 4.78 is 5.25. The number of hydrogen-bond acceptors (Lipinski definition) is 4. The molecule has 2 N–H and O–H groups in total. The van der Waals surface area contributed by atoms with Gasteiger partial charge in [-0.2, -0.15) is 0 Å². The highest BCUT2D eigenvalue weighted by atomic mass is 16.5. The minimum atomic E-state index is -0.922. The van der Waals surface area contributed by atoms with E-state index in [4.69, 9.17) is 4.74 Å². The van der Waals surface area contributed by atoms with Gasteiger partial charge in [0.2, 0.25) is 5.91 Å². The minimum absolute atomic E-state index is 0.0203. The van der Waals surface area contributed by atoms with Gasteiger partial charge in [0.15, 0.2) is 0 Å². The summed E-state index contributed by atoms with van der Waals surface area (Å²) in [7, 11) is 0. The number of carboxylic acids is 1. The van der Waals surface area contributed by atoms with E-state index in [1.807, 2.05) is 12.2 Å². The molecule has 2 aliphatic rings. The molecule has 3 rings (SSSR count). The number of nitrogens with one attached hydrogen (secondary N) is 1. The third-order valence-corrected chi connectivity index (χ3v) is 5.67. The van der Waals surface area contributed by atoms with Gasteiger partial charge in [0, 0.05) is 5.69 Å². The van der Waals surface area contributed by atoms with Gasteiger partial charge in [-0.1, -0.05) is 38.3 Å². The maximum atomic E-state index is 12.7. The first-order valence-corrected chi connectivity index (χ1v) is 10.0. The quantitative estimate of drug-likeness (QED) is 0.382. The average molecular weight is 385 g/mol. The molecule has 0 saturated heterocycles. The molecule has 2 aliphatic carbocycles. The molecule has 0 heterocycles. The van der Waals surface area contributed by atoms with Crippen molar-refractivity contribution >= 4 is 23.5 Å². The molecule has 4 unspecified atom stereocenters. The summed E-state index contributed by atoms with van der Waals surface area (Å²) in [4.78, 5) is 36.3. The molecule has 150 valence electrons. The number of aliphatic carboxylic acids is 1. The highest BCUT2D eigenvalue weighted by Gasteiger charge is 2.51. The zero-order chi connectivity index (χ0) is 20.1. The molecule has 28 heavy (non-hydrogen) atoms. The van der Waals surface area contributed by atoms with Gasteiger partial charge in [0.25, 0.3) is 0 Å². The molecule has 0 aromatic heterocycles. The van der Waals surface area contributed by atoms with Crippen molar-refractivity contribution < 1.29 is 24.2 Å². The van der Waals surface area contributed by atoms with Crippen LogP contribution in [0.15, 0.2) is 36.4 Å². The summed E-state index contributed by atoms with van der Waals surface area (Å²) in [6.07, 6.45) is 8.75. The number of carbonyl (C=O) groups is 3. The zero-order valence-corrected chi connectivity index (χ0v) is 16.1. The molecule has 0 aliphatic heterocycles. The standard InChI is InChI=1S/C22H27NO5/c1-2-3-4-5-12-28-22(27)14-8-10-17(11-9-14)23-20(24)18-15-6-7-16(13-15)19(18)21(25)26/h6-11,15-16,18-19H,2-5,12-13H2,1H3,(H,23,24)(H,25,26). The number of allylic oxidation sites excluding steroid dienone is 2. The van der Waals surface area contributed by atoms with Crippen molar-refractivity contribution in [1.82, 2.24) is 0 Å². The van der Waals surface area contributed by atoms with Crippen molar-refractivity contribution in [3.8, 4) is 0 Å². The Morgan fingerprint density at radius 1 is 1.04 bits per heavy atom. The van der Waals surface area contributed by atoms with Crippen molar-refractivity contribution in [3.63, 3.8) is 0 Å². The zero-order valence-electron chi connectivity index (χ0n) is 16.1. The van der Waals surface area contributed by atoms with Crippen molar-refractivity contribution in [2.75, 3.05) is 11.9 Å². The molecule has 1 fully saturated rings.